The smallest absolute Gasteiger partial charge is 0.339 e. The SMILES string of the molecule is O=C(COC(=O)c1ccccc1C(=O)c1cccs1)Nc1cccc(Cl)c1. The molecule has 0 aliphatic rings. The molecule has 0 saturated carbocycles. The Morgan fingerprint density at radius 3 is 2.44 bits per heavy atom. The quantitative estimate of drug-likeness (QED) is 0.491. The van der Waals surface area contributed by atoms with Crippen LogP contribution in [-0.4, -0.2) is 24.3 Å². The van der Waals surface area contributed by atoms with E-state index < -0.39 is 18.5 Å². The van der Waals surface area contributed by atoms with Crippen LogP contribution in [0.25, 0.3) is 0 Å². The highest BCUT2D eigenvalue weighted by atomic mass is 35.5. The minimum Gasteiger partial charge on any atom is -0.452 e. The fourth-order valence-electron chi connectivity index (χ4n) is 2.37. The van der Waals surface area contributed by atoms with Crippen molar-refractivity contribution < 1.29 is 19.1 Å². The summed E-state index contributed by atoms with van der Waals surface area (Å²) in [4.78, 5) is 37.4. The van der Waals surface area contributed by atoms with E-state index in [-0.39, 0.29) is 16.9 Å². The van der Waals surface area contributed by atoms with Crippen molar-refractivity contribution in [2.75, 3.05) is 11.9 Å². The van der Waals surface area contributed by atoms with Crippen LogP contribution in [0, 0.1) is 0 Å². The number of ketones is 1. The average molecular weight is 400 g/mol. The number of benzene rings is 2. The van der Waals surface area contributed by atoms with E-state index >= 15 is 0 Å². The van der Waals surface area contributed by atoms with Gasteiger partial charge in [0.1, 0.15) is 0 Å². The highest BCUT2D eigenvalue weighted by Crippen LogP contribution is 2.19. The van der Waals surface area contributed by atoms with Gasteiger partial charge in [-0.1, -0.05) is 41.9 Å². The van der Waals surface area contributed by atoms with Gasteiger partial charge in [0, 0.05) is 16.3 Å². The third-order valence-electron chi connectivity index (χ3n) is 3.58. The molecule has 0 atom stereocenters. The number of nitrogens with one attached hydrogen (secondary N) is 1. The lowest BCUT2D eigenvalue weighted by atomic mass is 10.0. The molecule has 0 radical (unpaired) electrons. The molecule has 0 bridgehead atoms. The molecule has 0 fully saturated rings. The van der Waals surface area contributed by atoms with Gasteiger partial charge in [0.2, 0.25) is 5.78 Å². The van der Waals surface area contributed by atoms with Gasteiger partial charge in [-0.3, -0.25) is 9.59 Å². The molecule has 1 amide bonds. The molecule has 1 aromatic heterocycles. The average Bonchev–Trinajstić information content (AvgIpc) is 3.20. The molecule has 0 aliphatic carbocycles. The molecule has 1 heterocycles. The van der Waals surface area contributed by atoms with Crippen molar-refractivity contribution in [1.29, 1.82) is 0 Å². The minimum absolute atomic E-state index is 0.117. The molecule has 136 valence electrons. The maximum Gasteiger partial charge on any atom is 0.339 e. The Balaban J connectivity index is 1.66. The summed E-state index contributed by atoms with van der Waals surface area (Å²) < 4.78 is 5.07. The fraction of sp³-hybridized carbons (Fsp3) is 0.0500. The van der Waals surface area contributed by atoms with E-state index in [2.05, 4.69) is 5.32 Å². The number of halogens is 1. The lowest BCUT2D eigenvalue weighted by Crippen LogP contribution is -2.22. The van der Waals surface area contributed by atoms with E-state index in [1.54, 1.807) is 60.0 Å². The monoisotopic (exact) mass is 399 g/mol. The van der Waals surface area contributed by atoms with Crippen LogP contribution in [0.5, 0.6) is 0 Å². The number of carbonyl (C=O) groups excluding carboxylic acids is 3. The van der Waals surface area contributed by atoms with Crippen LogP contribution in [0.2, 0.25) is 5.02 Å². The molecule has 1 N–H and O–H groups in total. The molecule has 5 nitrogen and oxygen atoms in total. The third kappa shape index (κ3) is 4.81. The number of amides is 1. The third-order valence-corrected chi connectivity index (χ3v) is 4.68. The predicted octanol–water partition coefficient (Wildman–Crippen LogP) is 4.43. The van der Waals surface area contributed by atoms with Crippen LogP contribution < -0.4 is 5.32 Å². The number of carbonyl (C=O) groups is 3. The second-order valence-electron chi connectivity index (χ2n) is 5.49. The standard InChI is InChI=1S/C20H14ClNO4S/c21-13-5-3-6-14(11-13)22-18(23)12-26-20(25)16-8-2-1-7-15(16)19(24)17-9-4-10-27-17/h1-11H,12H2,(H,22,23). The Labute approximate surface area is 164 Å². The fourth-order valence-corrected chi connectivity index (χ4v) is 3.24. The number of anilines is 1. The topological polar surface area (TPSA) is 72.5 Å². The first kappa shape index (κ1) is 18.8. The molecule has 3 aromatic rings. The van der Waals surface area contributed by atoms with Crippen molar-refractivity contribution in [3.8, 4) is 0 Å². The zero-order valence-electron chi connectivity index (χ0n) is 14.0. The van der Waals surface area contributed by atoms with Crippen LogP contribution in [-0.2, 0) is 9.53 Å². The maximum atomic E-state index is 12.6. The van der Waals surface area contributed by atoms with Gasteiger partial charge in [-0.25, -0.2) is 4.79 Å². The van der Waals surface area contributed by atoms with Gasteiger partial charge in [-0.05, 0) is 35.7 Å². The lowest BCUT2D eigenvalue weighted by Gasteiger charge is -2.09. The van der Waals surface area contributed by atoms with E-state index in [1.165, 1.54) is 17.4 Å². The van der Waals surface area contributed by atoms with Crippen molar-refractivity contribution in [1.82, 2.24) is 0 Å². The van der Waals surface area contributed by atoms with E-state index in [9.17, 15) is 14.4 Å². The Kier molecular flexibility index (Phi) is 6.01. The van der Waals surface area contributed by atoms with E-state index in [4.69, 9.17) is 16.3 Å². The number of thiophene rings is 1. The summed E-state index contributed by atoms with van der Waals surface area (Å²) in [5.74, 6) is -1.51. The van der Waals surface area contributed by atoms with Gasteiger partial charge in [0.25, 0.3) is 5.91 Å². The molecule has 0 saturated heterocycles. The molecule has 0 unspecified atom stereocenters. The van der Waals surface area contributed by atoms with Gasteiger partial charge in [0.05, 0.1) is 10.4 Å². The highest BCUT2D eigenvalue weighted by Gasteiger charge is 2.20. The molecular formula is C20H14ClNO4S. The zero-order chi connectivity index (χ0) is 19.2. The summed E-state index contributed by atoms with van der Waals surface area (Å²) in [7, 11) is 0. The van der Waals surface area contributed by atoms with Gasteiger partial charge in [0.15, 0.2) is 6.61 Å². The van der Waals surface area contributed by atoms with Crippen LogP contribution in [0.1, 0.15) is 25.6 Å². The summed E-state index contributed by atoms with van der Waals surface area (Å²) in [6.07, 6.45) is 0. The first-order valence-electron chi connectivity index (χ1n) is 7.94. The van der Waals surface area contributed by atoms with Crippen LogP contribution in [0.3, 0.4) is 0 Å². The second-order valence-corrected chi connectivity index (χ2v) is 6.87. The van der Waals surface area contributed by atoms with Crippen molar-refractivity contribution in [2.45, 2.75) is 0 Å². The molecule has 0 aliphatic heterocycles. The second kappa shape index (κ2) is 8.62. The molecular weight excluding hydrogens is 386 g/mol. The summed E-state index contributed by atoms with van der Waals surface area (Å²) in [5, 5.41) is 4.85. The Morgan fingerprint density at radius 2 is 1.74 bits per heavy atom. The zero-order valence-corrected chi connectivity index (χ0v) is 15.5. The molecule has 7 heteroatoms. The summed E-state index contributed by atoms with van der Waals surface area (Å²) >= 11 is 7.15. The van der Waals surface area contributed by atoms with Gasteiger partial charge in [-0.15, -0.1) is 11.3 Å². The minimum atomic E-state index is -0.739. The van der Waals surface area contributed by atoms with Crippen LogP contribution >= 0.6 is 22.9 Å². The summed E-state index contributed by atoms with van der Waals surface area (Å²) in [6.45, 7) is -0.479. The number of hydrogen-bond donors (Lipinski definition) is 1. The van der Waals surface area contributed by atoms with Gasteiger partial charge >= 0.3 is 5.97 Å². The van der Waals surface area contributed by atoms with Crippen molar-refractivity contribution in [3.63, 3.8) is 0 Å². The van der Waals surface area contributed by atoms with E-state index in [1.807, 2.05) is 0 Å². The predicted molar refractivity (Wildman–Crippen MR) is 105 cm³/mol. The highest BCUT2D eigenvalue weighted by molar-refractivity contribution is 7.12. The number of esters is 1. The lowest BCUT2D eigenvalue weighted by molar-refractivity contribution is -0.119. The summed E-state index contributed by atoms with van der Waals surface area (Å²) in [5.41, 5.74) is 0.850. The first-order valence-corrected chi connectivity index (χ1v) is 9.20. The molecule has 27 heavy (non-hydrogen) atoms. The first-order chi connectivity index (χ1) is 13.0. The van der Waals surface area contributed by atoms with E-state index in [0.717, 1.165) is 0 Å². The summed E-state index contributed by atoms with van der Waals surface area (Å²) in [6, 6.07) is 16.4. The van der Waals surface area contributed by atoms with Gasteiger partial charge < -0.3 is 10.1 Å². The normalized spacial score (nSPS) is 10.3. The van der Waals surface area contributed by atoms with Crippen LogP contribution in [0.15, 0.2) is 66.0 Å². The van der Waals surface area contributed by atoms with Crippen LogP contribution in [0.4, 0.5) is 5.69 Å². The Bertz CT molecular complexity index is 985. The van der Waals surface area contributed by atoms with Crippen molar-refractivity contribution in [2.24, 2.45) is 0 Å². The Morgan fingerprint density at radius 1 is 0.963 bits per heavy atom. The number of hydrogen-bond acceptors (Lipinski definition) is 5. The van der Waals surface area contributed by atoms with Gasteiger partial charge in [-0.2, -0.15) is 0 Å². The molecule has 2 aromatic carbocycles. The van der Waals surface area contributed by atoms with Crippen molar-refractivity contribution >= 4 is 46.3 Å². The largest absolute Gasteiger partial charge is 0.452 e. The maximum absolute atomic E-state index is 12.6. The molecule has 3 rings (SSSR count). The van der Waals surface area contributed by atoms with Crippen molar-refractivity contribution in [3.05, 3.63) is 87.1 Å². The number of ether oxygens (including phenoxy) is 1. The number of rotatable bonds is 6. The molecule has 0 spiro atoms. The Hall–Kier alpha value is -2.96. The van der Waals surface area contributed by atoms with E-state index in [0.29, 0.717) is 15.6 Å².